The highest BCUT2D eigenvalue weighted by molar-refractivity contribution is 6.54. The highest BCUT2D eigenvalue weighted by Gasteiger charge is 2.28. The van der Waals surface area contributed by atoms with Crippen molar-refractivity contribution in [2.75, 3.05) is 20.6 Å². The Morgan fingerprint density at radius 3 is 1.74 bits per heavy atom. The molecule has 0 bridgehead atoms. The normalized spacial score (nSPS) is 10.9. The molecule has 0 aliphatic rings. The highest BCUT2D eigenvalue weighted by Crippen LogP contribution is 2.41. The summed E-state index contributed by atoms with van der Waals surface area (Å²) in [5.41, 5.74) is -0.671. The first-order chi connectivity index (χ1) is 8.68. The Morgan fingerprint density at radius 2 is 1.37 bits per heavy atom. The van der Waals surface area contributed by atoms with Gasteiger partial charge in [-0.3, -0.25) is 4.79 Å². The molecule has 0 atom stereocenters. The predicted octanol–water partition coefficient (Wildman–Crippen LogP) is 3.74. The van der Waals surface area contributed by atoms with Gasteiger partial charge in [0.05, 0.1) is 37.8 Å². The monoisotopic (exact) mass is 343 g/mol. The number of carbonyl (C=O) groups is 2. The van der Waals surface area contributed by atoms with E-state index < -0.39 is 17.3 Å². The summed E-state index contributed by atoms with van der Waals surface area (Å²) in [5, 5.41) is 8.32. The smallest absolute Gasteiger partial charge is 0.338 e. The second-order valence-electron chi connectivity index (χ2n) is 3.97. The minimum Gasteiger partial charge on any atom is -0.478 e. The van der Waals surface area contributed by atoms with Gasteiger partial charge in [-0.05, 0) is 14.1 Å². The summed E-state index contributed by atoms with van der Waals surface area (Å²) in [6.07, 6.45) is 0. The fourth-order valence-corrected chi connectivity index (χ4v) is 2.50. The van der Waals surface area contributed by atoms with Crippen LogP contribution >= 0.6 is 46.4 Å². The SMILES string of the molecule is CN(C)CC(=O)c1c(Cl)c(Cl)c(Cl)c(Cl)c1C(=O)O. The van der Waals surface area contributed by atoms with Crippen molar-refractivity contribution in [2.45, 2.75) is 0 Å². The molecule has 0 saturated heterocycles. The van der Waals surface area contributed by atoms with E-state index >= 15 is 0 Å². The molecule has 0 amide bonds. The Labute approximate surface area is 129 Å². The van der Waals surface area contributed by atoms with E-state index in [0.29, 0.717) is 0 Å². The number of likely N-dealkylation sites (N-methyl/N-ethyl adjacent to an activating group) is 1. The fraction of sp³-hybridized carbons (Fsp3) is 0.273. The largest absolute Gasteiger partial charge is 0.478 e. The van der Waals surface area contributed by atoms with Crippen LogP contribution in [0.25, 0.3) is 0 Å². The zero-order chi connectivity index (χ0) is 14.9. The first kappa shape index (κ1) is 16.5. The maximum absolute atomic E-state index is 12.1. The maximum Gasteiger partial charge on any atom is 0.338 e. The fourth-order valence-electron chi connectivity index (χ4n) is 1.46. The second-order valence-corrected chi connectivity index (χ2v) is 5.48. The first-order valence-corrected chi connectivity index (χ1v) is 6.46. The third-order valence-electron chi connectivity index (χ3n) is 2.22. The second kappa shape index (κ2) is 6.29. The standard InChI is InChI=1S/C11H9Cl4NO3/c1-16(2)3-4(17)5-6(11(18)19)8(13)10(15)9(14)7(5)12/h3H2,1-2H3,(H,18,19). The zero-order valence-electron chi connectivity index (χ0n) is 9.93. The number of halogens is 4. The van der Waals surface area contributed by atoms with Gasteiger partial charge < -0.3 is 10.0 Å². The minimum absolute atomic E-state index is 0.0334. The van der Waals surface area contributed by atoms with Crippen LogP contribution in [0.15, 0.2) is 0 Å². The van der Waals surface area contributed by atoms with E-state index in [-0.39, 0.29) is 32.2 Å². The lowest BCUT2D eigenvalue weighted by atomic mass is 10.0. The Hall–Kier alpha value is -0.520. The van der Waals surface area contributed by atoms with E-state index in [0.717, 1.165) is 0 Å². The Morgan fingerprint density at radius 1 is 0.947 bits per heavy atom. The Bertz CT molecular complexity index is 558. The van der Waals surface area contributed by atoms with Crippen molar-refractivity contribution in [3.8, 4) is 0 Å². The molecule has 0 aliphatic heterocycles. The number of carboxylic acids is 1. The Kier molecular flexibility index (Phi) is 5.47. The van der Waals surface area contributed by atoms with Gasteiger partial charge >= 0.3 is 5.97 Å². The lowest BCUT2D eigenvalue weighted by Crippen LogP contribution is -2.24. The molecule has 8 heteroatoms. The number of rotatable bonds is 4. The van der Waals surface area contributed by atoms with Gasteiger partial charge in [-0.25, -0.2) is 4.79 Å². The lowest BCUT2D eigenvalue weighted by molar-refractivity contribution is 0.0691. The number of Topliss-reactive ketones (excluding diaryl/α,β-unsaturated/α-hetero) is 1. The molecule has 1 rings (SSSR count). The van der Waals surface area contributed by atoms with Crippen LogP contribution in [0.5, 0.6) is 0 Å². The third-order valence-corrected chi connectivity index (χ3v) is 4.02. The van der Waals surface area contributed by atoms with Gasteiger partial charge in [-0.1, -0.05) is 46.4 Å². The van der Waals surface area contributed by atoms with E-state index in [9.17, 15) is 9.59 Å². The number of hydrogen-bond acceptors (Lipinski definition) is 3. The zero-order valence-corrected chi connectivity index (χ0v) is 13.0. The van der Waals surface area contributed by atoms with Crippen molar-refractivity contribution in [1.29, 1.82) is 0 Å². The number of hydrogen-bond donors (Lipinski definition) is 1. The molecule has 0 saturated carbocycles. The van der Waals surface area contributed by atoms with Gasteiger partial charge in [0.2, 0.25) is 0 Å². The first-order valence-electron chi connectivity index (χ1n) is 4.95. The van der Waals surface area contributed by atoms with Gasteiger partial charge in [0.15, 0.2) is 5.78 Å². The molecule has 19 heavy (non-hydrogen) atoms. The highest BCUT2D eigenvalue weighted by atomic mass is 35.5. The van der Waals surface area contributed by atoms with Crippen molar-refractivity contribution in [2.24, 2.45) is 0 Å². The van der Waals surface area contributed by atoms with E-state index in [1.807, 2.05) is 0 Å². The van der Waals surface area contributed by atoms with Crippen LogP contribution in [0.2, 0.25) is 20.1 Å². The number of aromatic carboxylic acids is 1. The number of ketones is 1. The molecule has 1 aromatic rings. The van der Waals surface area contributed by atoms with Crippen LogP contribution in [0, 0.1) is 0 Å². The molecule has 0 fully saturated rings. The molecule has 0 unspecified atom stereocenters. The quantitative estimate of drug-likeness (QED) is 0.513. The van der Waals surface area contributed by atoms with E-state index in [1.165, 1.54) is 0 Å². The van der Waals surface area contributed by atoms with E-state index in [2.05, 4.69) is 0 Å². The molecule has 0 aliphatic carbocycles. The van der Waals surface area contributed by atoms with E-state index in [4.69, 9.17) is 51.5 Å². The number of carbonyl (C=O) groups excluding carboxylic acids is 1. The van der Waals surface area contributed by atoms with E-state index in [1.54, 1.807) is 19.0 Å². The predicted molar refractivity (Wildman–Crippen MR) is 76.3 cm³/mol. The number of nitrogens with zero attached hydrogens (tertiary/aromatic N) is 1. The van der Waals surface area contributed by atoms with Crippen LogP contribution in [0.1, 0.15) is 20.7 Å². The summed E-state index contributed by atoms with van der Waals surface area (Å²) in [6, 6.07) is 0. The van der Waals surface area contributed by atoms with Crippen molar-refractivity contribution in [1.82, 2.24) is 4.90 Å². The average molecular weight is 345 g/mol. The third kappa shape index (κ3) is 3.33. The lowest BCUT2D eigenvalue weighted by Gasteiger charge is -2.15. The summed E-state index contributed by atoms with van der Waals surface area (Å²) in [7, 11) is 3.32. The van der Waals surface area contributed by atoms with Crippen LogP contribution in [-0.2, 0) is 0 Å². The molecule has 1 N–H and O–H groups in total. The van der Waals surface area contributed by atoms with Gasteiger partial charge in [-0.15, -0.1) is 0 Å². The van der Waals surface area contributed by atoms with Gasteiger partial charge in [0, 0.05) is 0 Å². The number of carboxylic acid groups (broad SMARTS) is 1. The summed E-state index contributed by atoms with van der Waals surface area (Å²) in [6.45, 7) is -0.0334. The van der Waals surface area contributed by atoms with Crippen LogP contribution in [0.3, 0.4) is 0 Å². The molecular formula is C11H9Cl4NO3. The van der Waals surface area contributed by atoms with Crippen molar-refractivity contribution >= 4 is 58.2 Å². The number of benzene rings is 1. The Balaban J connectivity index is 3.61. The van der Waals surface area contributed by atoms with Crippen molar-refractivity contribution < 1.29 is 14.7 Å². The van der Waals surface area contributed by atoms with Crippen LogP contribution < -0.4 is 0 Å². The van der Waals surface area contributed by atoms with Crippen LogP contribution in [0.4, 0.5) is 0 Å². The summed E-state index contributed by atoms with van der Waals surface area (Å²) >= 11 is 23.4. The maximum atomic E-state index is 12.1. The molecule has 4 nitrogen and oxygen atoms in total. The molecule has 0 aromatic heterocycles. The summed E-state index contributed by atoms with van der Waals surface area (Å²) in [5.74, 6) is -1.90. The van der Waals surface area contributed by atoms with Crippen LogP contribution in [-0.4, -0.2) is 42.4 Å². The molecule has 104 valence electrons. The van der Waals surface area contributed by atoms with Gasteiger partial charge in [0.1, 0.15) is 0 Å². The minimum atomic E-state index is -1.40. The summed E-state index contributed by atoms with van der Waals surface area (Å²) < 4.78 is 0. The average Bonchev–Trinajstić information content (AvgIpc) is 2.29. The van der Waals surface area contributed by atoms with Crippen molar-refractivity contribution in [3.05, 3.63) is 31.2 Å². The summed E-state index contributed by atoms with van der Waals surface area (Å²) in [4.78, 5) is 24.9. The molecule has 0 radical (unpaired) electrons. The molecule has 1 aromatic carbocycles. The molecule has 0 spiro atoms. The van der Waals surface area contributed by atoms with Gasteiger partial charge in [0.25, 0.3) is 0 Å². The molecule has 0 heterocycles. The van der Waals surface area contributed by atoms with Gasteiger partial charge in [-0.2, -0.15) is 0 Å². The van der Waals surface area contributed by atoms with Crippen molar-refractivity contribution in [3.63, 3.8) is 0 Å². The molecular weight excluding hydrogens is 336 g/mol. The topological polar surface area (TPSA) is 57.6 Å².